The van der Waals surface area contributed by atoms with Crippen molar-refractivity contribution >= 4 is 0 Å². The van der Waals surface area contributed by atoms with Gasteiger partial charge in [-0.3, -0.25) is 0 Å². The average molecular weight is 195 g/mol. The van der Waals surface area contributed by atoms with E-state index in [4.69, 9.17) is 4.42 Å². The minimum absolute atomic E-state index is 0.351. The molecule has 0 aliphatic carbocycles. The van der Waals surface area contributed by atoms with Gasteiger partial charge in [0, 0.05) is 0 Å². The SMILES string of the molecule is CCCNC(c1ccc(C)o1)C(C)C. The molecule has 0 spiro atoms. The Bertz CT molecular complexity index is 265. The van der Waals surface area contributed by atoms with Crippen LogP contribution in [0.2, 0.25) is 0 Å². The fourth-order valence-corrected chi connectivity index (χ4v) is 1.59. The molecule has 0 amide bonds. The molecule has 0 aliphatic rings. The Morgan fingerprint density at radius 3 is 2.50 bits per heavy atom. The molecule has 0 radical (unpaired) electrons. The van der Waals surface area contributed by atoms with E-state index in [0.717, 1.165) is 24.5 Å². The topological polar surface area (TPSA) is 25.2 Å². The maximum Gasteiger partial charge on any atom is 0.121 e. The Kier molecular flexibility index (Phi) is 4.21. The number of hydrogen-bond donors (Lipinski definition) is 1. The van der Waals surface area contributed by atoms with Gasteiger partial charge in [-0.2, -0.15) is 0 Å². The van der Waals surface area contributed by atoms with Crippen LogP contribution in [0.1, 0.15) is 44.8 Å². The van der Waals surface area contributed by atoms with Crippen molar-refractivity contribution in [2.75, 3.05) is 6.54 Å². The summed E-state index contributed by atoms with van der Waals surface area (Å²) < 4.78 is 5.64. The van der Waals surface area contributed by atoms with Crippen molar-refractivity contribution < 1.29 is 4.42 Å². The van der Waals surface area contributed by atoms with Gasteiger partial charge in [0.25, 0.3) is 0 Å². The van der Waals surface area contributed by atoms with Crippen LogP contribution in [0.5, 0.6) is 0 Å². The standard InChI is InChI=1S/C12H21NO/c1-5-8-13-12(9(2)3)11-7-6-10(4)14-11/h6-7,9,12-13H,5,8H2,1-4H3. The predicted molar refractivity (Wildman–Crippen MR) is 59.3 cm³/mol. The van der Waals surface area contributed by atoms with E-state index in [1.807, 2.05) is 13.0 Å². The summed E-state index contributed by atoms with van der Waals surface area (Å²) >= 11 is 0. The Morgan fingerprint density at radius 2 is 2.07 bits per heavy atom. The summed E-state index contributed by atoms with van der Waals surface area (Å²) in [6, 6.07) is 4.45. The molecule has 0 aliphatic heterocycles. The highest BCUT2D eigenvalue weighted by Gasteiger charge is 2.17. The van der Waals surface area contributed by atoms with Crippen molar-refractivity contribution in [2.24, 2.45) is 5.92 Å². The van der Waals surface area contributed by atoms with Gasteiger partial charge in [0.1, 0.15) is 11.5 Å². The highest BCUT2D eigenvalue weighted by atomic mass is 16.3. The molecule has 1 aromatic heterocycles. The maximum absolute atomic E-state index is 5.64. The molecule has 0 aromatic carbocycles. The van der Waals surface area contributed by atoms with E-state index < -0.39 is 0 Å². The lowest BCUT2D eigenvalue weighted by atomic mass is 10.0. The molecule has 14 heavy (non-hydrogen) atoms. The Balaban J connectivity index is 2.67. The molecule has 0 fully saturated rings. The predicted octanol–water partition coefficient (Wildman–Crippen LogP) is 3.28. The number of aryl methyl sites for hydroxylation is 1. The molecule has 1 rings (SSSR count). The van der Waals surface area contributed by atoms with Crippen LogP contribution in [0.15, 0.2) is 16.5 Å². The second kappa shape index (κ2) is 5.20. The summed E-state index contributed by atoms with van der Waals surface area (Å²) in [6.45, 7) is 9.64. The van der Waals surface area contributed by atoms with Crippen molar-refractivity contribution in [3.8, 4) is 0 Å². The Hall–Kier alpha value is -0.760. The van der Waals surface area contributed by atoms with Gasteiger partial charge in [-0.15, -0.1) is 0 Å². The van der Waals surface area contributed by atoms with Crippen LogP contribution in [-0.4, -0.2) is 6.54 Å². The number of hydrogen-bond acceptors (Lipinski definition) is 2. The second-order valence-corrected chi connectivity index (χ2v) is 4.12. The minimum atomic E-state index is 0.351. The van der Waals surface area contributed by atoms with Crippen LogP contribution in [0.25, 0.3) is 0 Å². The molecule has 0 saturated carbocycles. The van der Waals surface area contributed by atoms with E-state index >= 15 is 0 Å². The molecule has 2 nitrogen and oxygen atoms in total. The van der Waals surface area contributed by atoms with E-state index in [0.29, 0.717) is 12.0 Å². The van der Waals surface area contributed by atoms with E-state index in [-0.39, 0.29) is 0 Å². The number of nitrogens with one attached hydrogen (secondary N) is 1. The summed E-state index contributed by atoms with van der Waals surface area (Å²) in [5, 5.41) is 3.50. The third-order valence-corrected chi connectivity index (χ3v) is 2.35. The molecule has 1 N–H and O–H groups in total. The monoisotopic (exact) mass is 195 g/mol. The van der Waals surface area contributed by atoms with E-state index in [2.05, 4.69) is 32.2 Å². The second-order valence-electron chi connectivity index (χ2n) is 4.12. The largest absolute Gasteiger partial charge is 0.465 e. The van der Waals surface area contributed by atoms with Gasteiger partial charge in [-0.25, -0.2) is 0 Å². The third-order valence-electron chi connectivity index (χ3n) is 2.35. The lowest BCUT2D eigenvalue weighted by molar-refractivity contribution is 0.336. The lowest BCUT2D eigenvalue weighted by Gasteiger charge is -2.19. The van der Waals surface area contributed by atoms with Gasteiger partial charge in [-0.1, -0.05) is 20.8 Å². The molecule has 1 aromatic rings. The molecule has 1 heterocycles. The first-order valence-corrected chi connectivity index (χ1v) is 5.44. The molecule has 1 unspecified atom stereocenters. The number of rotatable bonds is 5. The molecule has 2 heteroatoms. The van der Waals surface area contributed by atoms with Crippen LogP contribution in [-0.2, 0) is 0 Å². The van der Waals surface area contributed by atoms with E-state index in [9.17, 15) is 0 Å². The summed E-state index contributed by atoms with van der Waals surface area (Å²) in [7, 11) is 0. The Morgan fingerprint density at radius 1 is 1.36 bits per heavy atom. The van der Waals surface area contributed by atoms with Gasteiger partial charge in [0.2, 0.25) is 0 Å². The number of furan rings is 1. The zero-order chi connectivity index (χ0) is 10.6. The fourth-order valence-electron chi connectivity index (χ4n) is 1.59. The highest BCUT2D eigenvalue weighted by Crippen LogP contribution is 2.23. The normalized spacial score (nSPS) is 13.5. The first kappa shape index (κ1) is 11.3. The van der Waals surface area contributed by atoms with Gasteiger partial charge in [0.05, 0.1) is 6.04 Å². The molecular formula is C12H21NO. The van der Waals surface area contributed by atoms with E-state index in [1.54, 1.807) is 0 Å². The van der Waals surface area contributed by atoms with Gasteiger partial charge in [-0.05, 0) is 37.9 Å². The van der Waals surface area contributed by atoms with Gasteiger partial charge >= 0.3 is 0 Å². The van der Waals surface area contributed by atoms with Crippen molar-refractivity contribution in [3.05, 3.63) is 23.7 Å². The van der Waals surface area contributed by atoms with Crippen LogP contribution in [0.4, 0.5) is 0 Å². The summed E-state index contributed by atoms with van der Waals surface area (Å²) in [6.07, 6.45) is 1.16. The van der Waals surface area contributed by atoms with E-state index in [1.165, 1.54) is 0 Å². The highest BCUT2D eigenvalue weighted by molar-refractivity contribution is 5.10. The van der Waals surface area contributed by atoms with Crippen molar-refractivity contribution in [2.45, 2.75) is 40.2 Å². The van der Waals surface area contributed by atoms with Crippen molar-refractivity contribution in [3.63, 3.8) is 0 Å². The zero-order valence-electron chi connectivity index (χ0n) is 9.63. The molecule has 1 atom stereocenters. The van der Waals surface area contributed by atoms with Crippen LogP contribution >= 0.6 is 0 Å². The first-order valence-electron chi connectivity index (χ1n) is 5.44. The maximum atomic E-state index is 5.64. The molecule has 0 bridgehead atoms. The quantitative estimate of drug-likeness (QED) is 0.780. The molecular weight excluding hydrogens is 174 g/mol. The van der Waals surface area contributed by atoms with Gasteiger partial charge in [0.15, 0.2) is 0 Å². The smallest absolute Gasteiger partial charge is 0.121 e. The fraction of sp³-hybridized carbons (Fsp3) is 0.667. The zero-order valence-corrected chi connectivity index (χ0v) is 9.63. The van der Waals surface area contributed by atoms with Crippen LogP contribution in [0.3, 0.4) is 0 Å². The minimum Gasteiger partial charge on any atom is -0.465 e. The first-order chi connectivity index (χ1) is 6.65. The lowest BCUT2D eigenvalue weighted by Crippen LogP contribution is -2.25. The van der Waals surface area contributed by atoms with Crippen LogP contribution in [0, 0.1) is 12.8 Å². The molecule has 80 valence electrons. The van der Waals surface area contributed by atoms with Gasteiger partial charge < -0.3 is 9.73 Å². The Labute approximate surface area is 86.7 Å². The third kappa shape index (κ3) is 2.88. The van der Waals surface area contributed by atoms with Crippen LogP contribution < -0.4 is 5.32 Å². The molecule has 0 saturated heterocycles. The van der Waals surface area contributed by atoms with Crippen molar-refractivity contribution in [1.29, 1.82) is 0 Å². The summed E-state index contributed by atoms with van der Waals surface area (Å²) in [4.78, 5) is 0. The summed E-state index contributed by atoms with van der Waals surface area (Å²) in [5.41, 5.74) is 0. The summed E-state index contributed by atoms with van der Waals surface area (Å²) in [5.74, 6) is 2.61. The van der Waals surface area contributed by atoms with Crippen molar-refractivity contribution in [1.82, 2.24) is 5.32 Å². The average Bonchev–Trinajstić information content (AvgIpc) is 2.52.